The monoisotopic (exact) mass is 616 g/mol. The van der Waals surface area contributed by atoms with Crippen LogP contribution in [0.4, 0.5) is 10.5 Å². The van der Waals surface area contributed by atoms with Crippen molar-refractivity contribution in [1.29, 1.82) is 0 Å². The normalized spacial score (nSPS) is 16.5. The van der Waals surface area contributed by atoms with E-state index in [1.54, 1.807) is 59.0 Å². The first-order chi connectivity index (χ1) is 20.0. The van der Waals surface area contributed by atoms with Crippen LogP contribution in [0.25, 0.3) is 0 Å². The number of carbonyl (C=O) groups excluding carboxylic acids is 3. The van der Waals surface area contributed by atoms with Gasteiger partial charge in [-0.15, -0.1) is 0 Å². The van der Waals surface area contributed by atoms with Gasteiger partial charge in [-0.3, -0.25) is 9.69 Å². The summed E-state index contributed by atoms with van der Waals surface area (Å²) in [6.45, 7) is 9.93. The second kappa shape index (κ2) is 13.9. The molecule has 2 aromatic carbocycles. The van der Waals surface area contributed by atoms with E-state index in [1.807, 2.05) is 25.9 Å². The minimum absolute atomic E-state index is 0.103. The van der Waals surface area contributed by atoms with Crippen molar-refractivity contribution >= 4 is 33.7 Å². The number of aryl methyl sites for hydroxylation is 1. The fraction of sp³-hybridized carbons (Fsp3) is 0.516. The van der Waals surface area contributed by atoms with Crippen molar-refractivity contribution in [1.82, 2.24) is 14.1 Å². The van der Waals surface area contributed by atoms with Crippen molar-refractivity contribution in [3.63, 3.8) is 0 Å². The lowest BCUT2D eigenvalue weighted by Gasteiger charge is -2.34. The van der Waals surface area contributed by atoms with E-state index in [9.17, 15) is 22.8 Å². The van der Waals surface area contributed by atoms with E-state index in [-0.39, 0.29) is 17.2 Å². The predicted octanol–water partition coefficient (Wildman–Crippen LogP) is 3.90. The van der Waals surface area contributed by atoms with Gasteiger partial charge < -0.3 is 19.3 Å². The molecule has 11 nitrogen and oxygen atoms in total. The van der Waals surface area contributed by atoms with E-state index in [0.29, 0.717) is 31.6 Å². The maximum atomic E-state index is 14.2. The Morgan fingerprint density at radius 3 is 2.14 bits per heavy atom. The molecule has 0 aliphatic carbocycles. The highest BCUT2D eigenvalue weighted by Gasteiger charge is 2.44. The summed E-state index contributed by atoms with van der Waals surface area (Å²) in [5.74, 6) is -0.920. The molecule has 43 heavy (non-hydrogen) atoms. The van der Waals surface area contributed by atoms with E-state index in [0.717, 1.165) is 5.56 Å². The number of nitrogens with zero attached hydrogens (tertiary/aromatic N) is 4. The number of hydrogen-bond acceptors (Lipinski definition) is 8. The smallest absolute Gasteiger partial charge is 0.415 e. The average Bonchev–Trinajstić information content (AvgIpc) is 3.43. The van der Waals surface area contributed by atoms with Crippen LogP contribution in [0.5, 0.6) is 5.75 Å². The Hall–Kier alpha value is -3.48. The summed E-state index contributed by atoms with van der Waals surface area (Å²) >= 11 is 0. The molecule has 1 heterocycles. The average molecular weight is 617 g/mol. The van der Waals surface area contributed by atoms with Gasteiger partial charge in [0.2, 0.25) is 15.9 Å². The molecule has 0 N–H and O–H groups in total. The largest absolute Gasteiger partial charge is 0.458 e. The van der Waals surface area contributed by atoms with Gasteiger partial charge in [0.15, 0.2) is 0 Å². The summed E-state index contributed by atoms with van der Waals surface area (Å²) in [4.78, 5) is 44.7. The Bertz CT molecular complexity index is 1390. The summed E-state index contributed by atoms with van der Waals surface area (Å²) in [6, 6.07) is 10.6. The molecule has 3 rings (SSSR count). The molecule has 0 aromatic heterocycles. The van der Waals surface area contributed by atoms with Crippen LogP contribution < -0.4 is 9.64 Å². The summed E-state index contributed by atoms with van der Waals surface area (Å²) in [6.07, 6.45) is 0.260. The minimum Gasteiger partial charge on any atom is -0.458 e. The maximum absolute atomic E-state index is 14.2. The van der Waals surface area contributed by atoms with Crippen LogP contribution in [0.2, 0.25) is 0 Å². The van der Waals surface area contributed by atoms with Crippen LogP contribution >= 0.6 is 0 Å². The zero-order valence-electron chi connectivity index (χ0n) is 26.4. The quantitative estimate of drug-likeness (QED) is 0.369. The van der Waals surface area contributed by atoms with Gasteiger partial charge in [0.05, 0.1) is 4.90 Å². The molecule has 12 heteroatoms. The molecule has 0 unspecified atom stereocenters. The highest BCUT2D eigenvalue weighted by Crippen LogP contribution is 2.31. The third kappa shape index (κ3) is 8.77. The standard InChI is InChI=1S/C31H44N4O7S/c1-22-11-17-26(18-12-22)43(39,40)34-19-9-10-27(34)28(36)35(23(2)29(37)42-31(3,4)5)24-13-15-25(16-14-24)41-30(38)33(8)21-20-32(6)7/h11-18,23,27H,9-10,19-21H2,1-8H3/t23-,27-/m0/s1. The third-order valence-electron chi connectivity index (χ3n) is 7.00. The number of ether oxygens (including phenoxy) is 2. The molecule has 1 aliphatic heterocycles. The molecule has 2 amide bonds. The summed E-state index contributed by atoms with van der Waals surface area (Å²) in [5.41, 5.74) is 0.452. The van der Waals surface area contributed by atoms with E-state index in [1.165, 1.54) is 38.4 Å². The lowest BCUT2D eigenvalue weighted by Crippen LogP contribution is -2.53. The van der Waals surface area contributed by atoms with Crippen molar-refractivity contribution in [2.24, 2.45) is 0 Å². The van der Waals surface area contributed by atoms with Crippen LogP contribution in [0.1, 0.15) is 46.1 Å². The Balaban J connectivity index is 1.92. The van der Waals surface area contributed by atoms with Gasteiger partial charge in [0.1, 0.15) is 23.4 Å². The number of amides is 2. The molecule has 0 radical (unpaired) electrons. The van der Waals surface area contributed by atoms with E-state index in [2.05, 4.69) is 0 Å². The molecule has 2 aromatic rings. The first kappa shape index (κ1) is 34.0. The van der Waals surface area contributed by atoms with E-state index in [4.69, 9.17) is 9.47 Å². The minimum atomic E-state index is -3.97. The first-order valence-electron chi connectivity index (χ1n) is 14.3. The molecule has 0 saturated carbocycles. The number of benzene rings is 2. The second-order valence-electron chi connectivity index (χ2n) is 12.1. The van der Waals surface area contributed by atoms with Crippen LogP contribution in [0.3, 0.4) is 0 Å². The number of esters is 1. The lowest BCUT2D eigenvalue weighted by molar-refractivity contribution is -0.157. The van der Waals surface area contributed by atoms with Crippen molar-refractivity contribution in [3.8, 4) is 5.75 Å². The van der Waals surface area contributed by atoms with Gasteiger partial charge in [0.25, 0.3) is 0 Å². The highest BCUT2D eigenvalue weighted by atomic mass is 32.2. The number of sulfonamides is 1. The topological polar surface area (TPSA) is 117 Å². The Kier molecular flexibility index (Phi) is 11.0. The van der Waals surface area contributed by atoms with Crippen LogP contribution in [-0.4, -0.2) is 99.0 Å². The number of carbonyl (C=O) groups is 3. The molecule has 1 fully saturated rings. The fourth-order valence-corrected chi connectivity index (χ4v) is 6.26. The maximum Gasteiger partial charge on any atom is 0.415 e. The van der Waals surface area contributed by atoms with Crippen molar-refractivity contribution in [2.45, 2.75) is 70.0 Å². The number of likely N-dealkylation sites (N-methyl/N-ethyl adjacent to an activating group) is 2. The zero-order valence-corrected chi connectivity index (χ0v) is 27.2. The van der Waals surface area contributed by atoms with Crippen molar-refractivity contribution in [2.75, 3.05) is 45.7 Å². The summed E-state index contributed by atoms with van der Waals surface area (Å²) < 4.78 is 39.5. The van der Waals surface area contributed by atoms with Gasteiger partial charge in [-0.05, 0) is 98.0 Å². The van der Waals surface area contributed by atoms with Gasteiger partial charge in [-0.25, -0.2) is 18.0 Å². The number of hydrogen-bond donors (Lipinski definition) is 0. The summed E-state index contributed by atoms with van der Waals surface area (Å²) in [5, 5.41) is 0. The number of rotatable bonds is 10. The van der Waals surface area contributed by atoms with Crippen LogP contribution in [-0.2, 0) is 24.3 Å². The van der Waals surface area contributed by atoms with Crippen molar-refractivity contribution < 1.29 is 32.3 Å². The summed E-state index contributed by atoms with van der Waals surface area (Å²) in [7, 11) is 1.48. The molecule has 0 spiro atoms. The van der Waals surface area contributed by atoms with E-state index >= 15 is 0 Å². The van der Waals surface area contributed by atoms with Gasteiger partial charge in [0, 0.05) is 32.4 Å². The molecule has 2 atom stereocenters. The van der Waals surface area contributed by atoms with Crippen molar-refractivity contribution in [3.05, 3.63) is 54.1 Å². The molecule has 1 saturated heterocycles. The number of anilines is 1. The first-order valence-corrected chi connectivity index (χ1v) is 15.8. The van der Waals surface area contributed by atoms with Crippen LogP contribution in [0, 0.1) is 6.92 Å². The zero-order chi connectivity index (χ0) is 32.1. The van der Waals surface area contributed by atoms with E-state index < -0.39 is 45.7 Å². The molecule has 1 aliphatic rings. The molecule has 236 valence electrons. The Morgan fingerprint density at radius 1 is 0.977 bits per heavy atom. The molecule has 0 bridgehead atoms. The molecular formula is C31H44N4O7S. The second-order valence-corrected chi connectivity index (χ2v) is 14.0. The highest BCUT2D eigenvalue weighted by molar-refractivity contribution is 7.89. The van der Waals surface area contributed by atoms with Gasteiger partial charge >= 0.3 is 12.1 Å². The van der Waals surface area contributed by atoms with Crippen LogP contribution in [0.15, 0.2) is 53.4 Å². The fourth-order valence-electron chi connectivity index (χ4n) is 4.61. The Morgan fingerprint density at radius 2 is 1.58 bits per heavy atom. The van der Waals surface area contributed by atoms with Gasteiger partial charge in [-0.1, -0.05) is 17.7 Å². The van der Waals surface area contributed by atoms with Gasteiger partial charge in [-0.2, -0.15) is 4.31 Å². The Labute approximate surface area is 255 Å². The third-order valence-corrected chi connectivity index (χ3v) is 8.93. The predicted molar refractivity (Wildman–Crippen MR) is 165 cm³/mol. The molecular weight excluding hydrogens is 572 g/mol. The SMILES string of the molecule is Cc1ccc(S(=O)(=O)N2CCC[C@H]2C(=O)N(c2ccc(OC(=O)N(C)CCN(C)C)cc2)[C@@H](C)C(=O)OC(C)(C)C)cc1. The lowest BCUT2D eigenvalue weighted by atomic mass is 10.1.